The summed E-state index contributed by atoms with van der Waals surface area (Å²) in [6, 6.07) is 18.9. The lowest BCUT2D eigenvalue weighted by atomic mass is 9.93. The topological polar surface area (TPSA) is 86.8 Å². The quantitative estimate of drug-likeness (QED) is 0.142. The normalized spacial score (nSPS) is 20.8. The standard InChI is InChI=1S/C40H48Cl2N4O4/c1-47-30-15-11-28(12-16-30)44-23-26-9-8-25(22-36(26)49-3)39-38(42)33(20-21-43-39)32-6-5-7-34(37(32)41)35-19-10-27(40(46-35)50-4)24-45-29-13-17-31(48-2)18-14-29/h5-10,19-22,28-31,44-45H,11-18,23-24H2,1-4H3/t28-,29-,30-,31-. The number of benzene rings is 2. The minimum atomic E-state index is 0.372. The predicted octanol–water partition coefficient (Wildman–Crippen LogP) is 8.90. The lowest BCUT2D eigenvalue weighted by molar-refractivity contribution is 0.0623. The molecule has 50 heavy (non-hydrogen) atoms. The van der Waals surface area contributed by atoms with Crippen molar-refractivity contribution in [2.75, 3.05) is 28.4 Å². The van der Waals surface area contributed by atoms with Crippen molar-refractivity contribution in [3.05, 3.63) is 82.0 Å². The van der Waals surface area contributed by atoms with Crippen molar-refractivity contribution in [1.29, 1.82) is 0 Å². The van der Waals surface area contributed by atoms with Gasteiger partial charge < -0.3 is 29.6 Å². The molecule has 4 aromatic rings. The number of pyridine rings is 2. The second-order valence-electron chi connectivity index (χ2n) is 13.3. The number of methoxy groups -OCH3 is 4. The highest BCUT2D eigenvalue weighted by molar-refractivity contribution is 6.39. The average Bonchev–Trinajstić information content (AvgIpc) is 3.17. The third-order valence-electron chi connectivity index (χ3n) is 10.3. The van der Waals surface area contributed by atoms with Gasteiger partial charge in [-0.05, 0) is 69.6 Å². The summed E-state index contributed by atoms with van der Waals surface area (Å²) in [5.74, 6) is 1.37. The zero-order valence-electron chi connectivity index (χ0n) is 29.4. The Morgan fingerprint density at radius 2 is 1.26 bits per heavy atom. The van der Waals surface area contributed by atoms with Crippen LogP contribution in [0.15, 0.2) is 60.8 Å². The first-order chi connectivity index (χ1) is 24.4. The minimum absolute atomic E-state index is 0.372. The maximum absolute atomic E-state index is 7.14. The Bertz CT molecular complexity index is 1610. The predicted molar refractivity (Wildman–Crippen MR) is 201 cm³/mol. The molecule has 0 unspecified atom stereocenters. The fourth-order valence-electron chi connectivity index (χ4n) is 7.27. The molecule has 2 fully saturated rings. The summed E-state index contributed by atoms with van der Waals surface area (Å²) >= 11 is 14.3. The van der Waals surface area contributed by atoms with E-state index in [-0.39, 0.29) is 0 Å². The van der Waals surface area contributed by atoms with E-state index in [0.717, 1.165) is 103 Å². The van der Waals surface area contributed by atoms with E-state index >= 15 is 0 Å². The van der Waals surface area contributed by atoms with Gasteiger partial charge in [0.05, 0.1) is 47.9 Å². The second-order valence-corrected chi connectivity index (χ2v) is 14.0. The Balaban J connectivity index is 1.19. The molecule has 266 valence electrons. The Morgan fingerprint density at radius 3 is 1.88 bits per heavy atom. The van der Waals surface area contributed by atoms with E-state index < -0.39 is 0 Å². The van der Waals surface area contributed by atoms with Crippen LogP contribution in [0.25, 0.3) is 33.6 Å². The van der Waals surface area contributed by atoms with Crippen LogP contribution in [0.2, 0.25) is 10.0 Å². The van der Waals surface area contributed by atoms with Crippen LogP contribution in [0.1, 0.15) is 62.5 Å². The van der Waals surface area contributed by atoms with Crippen LogP contribution in [0, 0.1) is 0 Å². The second kappa shape index (κ2) is 17.3. The monoisotopic (exact) mass is 718 g/mol. The highest BCUT2D eigenvalue weighted by Gasteiger charge is 2.23. The van der Waals surface area contributed by atoms with E-state index in [9.17, 15) is 0 Å². The number of nitrogens with zero attached hydrogens (tertiary/aromatic N) is 2. The van der Waals surface area contributed by atoms with Crippen molar-refractivity contribution < 1.29 is 18.9 Å². The van der Waals surface area contributed by atoms with E-state index in [0.29, 0.717) is 52.5 Å². The molecule has 0 bridgehead atoms. The molecule has 10 heteroatoms. The number of halogens is 2. The van der Waals surface area contributed by atoms with Crippen LogP contribution in [0.4, 0.5) is 0 Å². The first-order valence-corrected chi connectivity index (χ1v) is 18.3. The lowest BCUT2D eigenvalue weighted by Gasteiger charge is -2.28. The average molecular weight is 720 g/mol. The van der Waals surface area contributed by atoms with Crippen LogP contribution < -0.4 is 20.1 Å². The largest absolute Gasteiger partial charge is 0.496 e. The molecule has 2 heterocycles. The number of ether oxygens (including phenoxy) is 4. The van der Waals surface area contributed by atoms with Crippen LogP contribution >= 0.6 is 23.2 Å². The third kappa shape index (κ3) is 8.44. The zero-order chi connectivity index (χ0) is 35.0. The molecule has 2 saturated carbocycles. The van der Waals surface area contributed by atoms with Gasteiger partial charge in [-0.25, -0.2) is 4.98 Å². The number of aromatic nitrogens is 2. The van der Waals surface area contributed by atoms with Gasteiger partial charge in [-0.3, -0.25) is 4.98 Å². The van der Waals surface area contributed by atoms with E-state index in [2.05, 4.69) is 33.8 Å². The van der Waals surface area contributed by atoms with Crippen LogP contribution in [-0.2, 0) is 22.6 Å². The summed E-state index contributed by atoms with van der Waals surface area (Å²) in [5, 5.41) is 8.45. The van der Waals surface area contributed by atoms with Crippen molar-refractivity contribution in [1.82, 2.24) is 20.6 Å². The van der Waals surface area contributed by atoms with E-state index in [4.69, 9.17) is 47.1 Å². The van der Waals surface area contributed by atoms with Gasteiger partial charge in [-0.2, -0.15) is 0 Å². The summed E-state index contributed by atoms with van der Waals surface area (Å²) < 4.78 is 22.6. The Hall–Kier alpha value is -3.24. The van der Waals surface area contributed by atoms with Gasteiger partial charge >= 0.3 is 0 Å². The molecule has 8 nitrogen and oxygen atoms in total. The van der Waals surface area contributed by atoms with Crippen LogP contribution in [0.3, 0.4) is 0 Å². The SMILES string of the molecule is COc1cc(-c2nccc(-c3cccc(-c4ccc(CN[C@H]5CC[C@H](OC)CC5)c(OC)n4)c3Cl)c2Cl)ccc1CN[C@H]1CC[C@H](OC)CC1. The van der Waals surface area contributed by atoms with Gasteiger partial charge in [0.2, 0.25) is 5.88 Å². The fourth-order valence-corrected chi connectivity index (χ4v) is 7.92. The Kier molecular flexibility index (Phi) is 12.7. The van der Waals surface area contributed by atoms with Gasteiger partial charge in [-0.1, -0.05) is 59.6 Å². The summed E-state index contributed by atoms with van der Waals surface area (Å²) in [4.78, 5) is 9.55. The molecule has 0 amide bonds. The molecule has 2 aliphatic rings. The van der Waals surface area contributed by atoms with Crippen molar-refractivity contribution in [3.63, 3.8) is 0 Å². The highest BCUT2D eigenvalue weighted by atomic mass is 35.5. The summed E-state index contributed by atoms with van der Waals surface area (Å²) in [6.07, 6.45) is 11.3. The maximum Gasteiger partial charge on any atom is 0.218 e. The van der Waals surface area contributed by atoms with Gasteiger partial charge in [-0.15, -0.1) is 0 Å². The molecule has 2 aromatic heterocycles. The number of nitrogens with one attached hydrogen (secondary N) is 2. The molecular weight excluding hydrogens is 671 g/mol. The van der Waals surface area contributed by atoms with Crippen molar-refractivity contribution in [2.45, 2.75) is 88.7 Å². The van der Waals surface area contributed by atoms with E-state index in [1.165, 1.54) is 0 Å². The molecule has 2 N–H and O–H groups in total. The highest BCUT2D eigenvalue weighted by Crippen LogP contribution is 2.42. The van der Waals surface area contributed by atoms with Gasteiger partial charge in [0.15, 0.2) is 0 Å². The molecular formula is C40H48Cl2N4O4. The molecule has 0 spiro atoms. The molecule has 0 atom stereocenters. The van der Waals surface area contributed by atoms with Crippen molar-refractivity contribution >= 4 is 23.2 Å². The molecule has 2 aliphatic carbocycles. The summed E-state index contributed by atoms with van der Waals surface area (Å²) in [7, 11) is 6.95. The van der Waals surface area contributed by atoms with Crippen LogP contribution in [-0.4, -0.2) is 62.7 Å². The fraction of sp³-hybridized carbons (Fsp3) is 0.450. The first kappa shape index (κ1) is 36.5. The molecule has 0 aliphatic heterocycles. The molecule has 0 radical (unpaired) electrons. The zero-order valence-corrected chi connectivity index (χ0v) is 30.9. The minimum Gasteiger partial charge on any atom is -0.496 e. The Morgan fingerprint density at radius 1 is 0.660 bits per heavy atom. The number of rotatable bonds is 13. The van der Waals surface area contributed by atoms with Crippen molar-refractivity contribution in [2.24, 2.45) is 0 Å². The molecule has 2 aromatic carbocycles. The number of hydrogen-bond donors (Lipinski definition) is 2. The third-order valence-corrected chi connectivity index (χ3v) is 11.1. The van der Waals surface area contributed by atoms with Gasteiger partial charge in [0, 0.05) is 79.0 Å². The van der Waals surface area contributed by atoms with Gasteiger partial charge in [0.25, 0.3) is 0 Å². The van der Waals surface area contributed by atoms with E-state index in [1.807, 2.05) is 36.4 Å². The van der Waals surface area contributed by atoms with E-state index in [1.54, 1.807) is 34.6 Å². The maximum atomic E-state index is 7.14. The Labute approximate surface area is 306 Å². The molecule has 0 saturated heterocycles. The lowest BCUT2D eigenvalue weighted by Crippen LogP contribution is -2.34. The molecule has 6 rings (SSSR count). The summed E-state index contributed by atoms with van der Waals surface area (Å²) in [5.41, 5.74) is 6.73. The van der Waals surface area contributed by atoms with Gasteiger partial charge in [0.1, 0.15) is 5.75 Å². The number of hydrogen-bond acceptors (Lipinski definition) is 8. The smallest absolute Gasteiger partial charge is 0.218 e. The summed E-state index contributed by atoms with van der Waals surface area (Å²) in [6.45, 7) is 1.40. The first-order valence-electron chi connectivity index (χ1n) is 17.6. The van der Waals surface area contributed by atoms with Crippen molar-refractivity contribution in [3.8, 4) is 45.3 Å². The van der Waals surface area contributed by atoms with Crippen LogP contribution in [0.5, 0.6) is 11.6 Å².